The van der Waals surface area contributed by atoms with Crippen molar-refractivity contribution in [2.24, 2.45) is 10.9 Å². The molecule has 5 heteroatoms. The summed E-state index contributed by atoms with van der Waals surface area (Å²) in [5.74, 6) is -0.0692. The van der Waals surface area contributed by atoms with E-state index >= 15 is 0 Å². The number of nitrogens with two attached hydrogens (primary N) is 1. The Balaban J connectivity index is 2.50. The van der Waals surface area contributed by atoms with Crippen molar-refractivity contribution in [2.45, 2.75) is 38.6 Å². The second-order valence-electron chi connectivity index (χ2n) is 3.70. The molecule has 1 saturated heterocycles. The largest absolute Gasteiger partial charge is 0.409 e. The summed E-state index contributed by atoms with van der Waals surface area (Å²) < 4.78 is 0. The van der Waals surface area contributed by atoms with Gasteiger partial charge in [-0.05, 0) is 26.2 Å². The molecule has 0 aromatic carbocycles. The molecule has 1 aliphatic rings. The molecule has 0 bridgehead atoms. The van der Waals surface area contributed by atoms with Gasteiger partial charge in [-0.3, -0.25) is 4.79 Å². The van der Waals surface area contributed by atoms with Crippen LogP contribution in [-0.2, 0) is 4.79 Å². The Hall–Kier alpha value is -1.26. The van der Waals surface area contributed by atoms with Crippen LogP contribution in [0.3, 0.4) is 0 Å². The zero-order valence-electron chi connectivity index (χ0n) is 8.44. The van der Waals surface area contributed by atoms with Gasteiger partial charge in [-0.2, -0.15) is 0 Å². The maximum atomic E-state index is 11.6. The van der Waals surface area contributed by atoms with E-state index in [1.54, 1.807) is 0 Å². The van der Waals surface area contributed by atoms with Crippen molar-refractivity contribution in [1.29, 1.82) is 0 Å². The highest BCUT2D eigenvalue weighted by Crippen LogP contribution is 2.16. The molecule has 1 fully saturated rings. The van der Waals surface area contributed by atoms with Crippen LogP contribution in [0.15, 0.2) is 5.16 Å². The van der Waals surface area contributed by atoms with Crippen LogP contribution in [-0.4, -0.2) is 34.4 Å². The lowest BCUT2D eigenvalue weighted by Crippen LogP contribution is -2.43. The summed E-state index contributed by atoms with van der Waals surface area (Å²) in [6.07, 6.45) is 3.28. The molecule has 14 heavy (non-hydrogen) atoms. The van der Waals surface area contributed by atoms with E-state index in [0.29, 0.717) is 0 Å². The van der Waals surface area contributed by atoms with Gasteiger partial charge in [-0.1, -0.05) is 5.16 Å². The van der Waals surface area contributed by atoms with E-state index in [0.717, 1.165) is 19.4 Å². The number of hydrogen-bond donors (Lipinski definition) is 2. The topological polar surface area (TPSA) is 78.9 Å². The fourth-order valence-electron chi connectivity index (χ4n) is 1.76. The molecule has 3 N–H and O–H groups in total. The van der Waals surface area contributed by atoms with Crippen molar-refractivity contribution >= 4 is 11.7 Å². The molecule has 0 saturated carbocycles. The SMILES string of the molecule is CC1CCCCN1C(=O)C/C(N)=N/O. The van der Waals surface area contributed by atoms with E-state index in [4.69, 9.17) is 10.9 Å². The number of amidine groups is 1. The van der Waals surface area contributed by atoms with Crippen molar-refractivity contribution in [3.63, 3.8) is 0 Å². The van der Waals surface area contributed by atoms with Gasteiger partial charge in [0.15, 0.2) is 0 Å². The third-order valence-corrected chi connectivity index (χ3v) is 2.58. The number of carbonyl (C=O) groups excluding carboxylic acids is 1. The van der Waals surface area contributed by atoms with Crippen LogP contribution in [0.2, 0.25) is 0 Å². The van der Waals surface area contributed by atoms with Crippen LogP contribution in [0.25, 0.3) is 0 Å². The van der Waals surface area contributed by atoms with Crippen molar-refractivity contribution < 1.29 is 10.0 Å². The van der Waals surface area contributed by atoms with Crippen molar-refractivity contribution in [3.05, 3.63) is 0 Å². The summed E-state index contributed by atoms with van der Waals surface area (Å²) >= 11 is 0. The number of rotatable bonds is 2. The Morgan fingerprint density at radius 1 is 1.64 bits per heavy atom. The third kappa shape index (κ3) is 2.61. The summed E-state index contributed by atoms with van der Waals surface area (Å²) in [5, 5.41) is 11.1. The summed E-state index contributed by atoms with van der Waals surface area (Å²) in [6, 6.07) is 0.280. The average Bonchev–Trinajstić information content (AvgIpc) is 2.18. The number of oxime groups is 1. The predicted octanol–water partition coefficient (Wildman–Crippen LogP) is 0.524. The van der Waals surface area contributed by atoms with Crippen LogP contribution in [0.5, 0.6) is 0 Å². The summed E-state index contributed by atoms with van der Waals surface area (Å²) in [6.45, 7) is 2.82. The standard InChI is InChI=1S/C9H17N3O2/c1-7-4-2-3-5-12(7)9(13)6-8(10)11-14/h7,14H,2-6H2,1H3,(H2,10,11). The first-order valence-electron chi connectivity index (χ1n) is 4.91. The Labute approximate surface area is 83.6 Å². The number of likely N-dealkylation sites (tertiary alicyclic amines) is 1. The van der Waals surface area contributed by atoms with Gasteiger partial charge in [-0.25, -0.2) is 0 Å². The van der Waals surface area contributed by atoms with Gasteiger partial charge >= 0.3 is 0 Å². The van der Waals surface area contributed by atoms with Gasteiger partial charge in [0.1, 0.15) is 5.84 Å². The maximum absolute atomic E-state index is 11.6. The Bertz CT molecular complexity index is 240. The molecule has 1 rings (SSSR count). The molecule has 0 aromatic heterocycles. The molecule has 1 unspecified atom stereocenters. The normalized spacial score (nSPS) is 23.6. The fourth-order valence-corrected chi connectivity index (χ4v) is 1.76. The molecule has 0 spiro atoms. The van der Waals surface area contributed by atoms with Gasteiger partial charge in [0.25, 0.3) is 0 Å². The Kier molecular flexibility index (Phi) is 3.73. The molecule has 80 valence electrons. The van der Waals surface area contributed by atoms with Crippen LogP contribution in [0.1, 0.15) is 32.6 Å². The molecule has 1 heterocycles. The Morgan fingerprint density at radius 2 is 2.36 bits per heavy atom. The van der Waals surface area contributed by atoms with E-state index in [9.17, 15) is 4.79 Å². The van der Waals surface area contributed by atoms with Crippen LogP contribution >= 0.6 is 0 Å². The van der Waals surface area contributed by atoms with Crippen molar-refractivity contribution in [2.75, 3.05) is 6.54 Å². The lowest BCUT2D eigenvalue weighted by atomic mass is 10.0. The highest BCUT2D eigenvalue weighted by atomic mass is 16.4. The number of carbonyl (C=O) groups is 1. The number of nitrogens with zero attached hydrogens (tertiary/aromatic N) is 2. The van der Waals surface area contributed by atoms with E-state index in [-0.39, 0.29) is 24.2 Å². The second kappa shape index (κ2) is 4.83. The molecule has 0 aromatic rings. The van der Waals surface area contributed by atoms with Crippen molar-refractivity contribution in [1.82, 2.24) is 4.90 Å². The minimum absolute atomic E-state index is 0.0147. The maximum Gasteiger partial charge on any atom is 0.230 e. The molecule has 5 nitrogen and oxygen atoms in total. The number of hydrogen-bond acceptors (Lipinski definition) is 3. The third-order valence-electron chi connectivity index (χ3n) is 2.58. The fraction of sp³-hybridized carbons (Fsp3) is 0.778. The van der Waals surface area contributed by atoms with Crippen LogP contribution < -0.4 is 5.73 Å². The van der Waals surface area contributed by atoms with E-state index in [1.807, 2.05) is 11.8 Å². The lowest BCUT2D eigenvalue weighted by Gasteiger charge is -2.33. The first-order valence-corrected chi connectivity index (χ1v) is 4.91. The quantitative estimate of drug-likeness (QED) is 0.294. The summed E-state index contributed by atoms with van der Waals surface area (Å²) in [7, 11) is 0. The summed E-state index contributed by atoms with van der Waals surface area (Å²) in [5.41, 5.74) is 5.28. The average molecular weight is 199 g/mol. The predicted molar refractivity (Wildman–Crippen MR) is 53.1 cm³/mol. The Morgan fingerprint density at radius 3 is 2.93 bits per heavy atom. The van der Waals surface area contributed by atoms with Gasteiger partial charge in [0, 0.05) is 12.6 Å². The molecule has 1 aliphatic heterocycles. The number of piperidine rings is 1. The minimum atomic E-state index is -0.0486. The first kappa shape index (κ1) is 10.8. The van der Waals surface area contributed by atoms with Crippen LogP contribution in [0.4, 0.5) is 0 Å². The number of amides is 1. The van der Waals surface area contributed by atoms with Crippen molar-refractivity contribution in [3.8, 4) is 0 Å². The van der Waals surface area contributed by atoms with Gasteiger partial charge in [-0.15, -0.1) is 0 Å². The molecule has 1 amide bonds. The monoisotopic (exact) mass is 199 g/mol. The molecule has 0 radical (unpaired) electrons. The first-order chi connectivity index (χ1) is 6.65. The molecule has 0 aliphatic carbocycles. The van der Waals surface area contributed by atoms with E-state index < -0.39 is 0 Å². The van der Waals surface area contributed by atoms with Gasteiger partial charge < -0.3 is 15.8 Å². The highest BCUT2D eigenvalue weighted by Gasteiger charge is 2.23. The smallest absolute Gasteiger partial charge is 0.230 e. The van der Waals surface area contributed by atoms with E-state index in [1.165, 1.54) is 6.42 Å². The minimum Gasteiger partial charge on any atom is -0.409 e. The molecular weight excluding hydrogens is 182 g/mol. The van der Waals surface area contributed by atoms with Gasteiger partial charge in [0.2, 0.25) is 5.91 Å². The zero-order chi connectivity index (χ0) is 10.6. The zero-order valence-corrected chi connectivity index (χ0v) is 8.44. The van der Waals surface area contributed by atoms with Gasteiger partial charge in [0.05, 0.1) is 6.42 Å². The molecular formula is C9H17N3O2. The summed E-state index contributed by atoms with van der Waals surface area (Å²) in [4.78, 5) is 13.4. The lowest BCUT2D eigenvalue weighted by molar-refractivity contribution is -0.133. The van der Waals surface area contributed by atoms with E-state index in [2.05, 4.69) is 5.16 Å². The second-order valence-corrected chi connectivity index (χ2v) is 3.70. The van der Waals surface area contributed by atoms with Crippen LogP contribution in [0, 0.1) is 0 Å². The molecule has 1 atom stereocenters. The highest BCUT2D eigenvalue weighted by molar-refractivity contribution is 5.98.